The SMILES string of the molecule is CCOc1ccc([C@H](C)NCc2cc(C#N)n(C)c2C)cc1. The van der Waals surface area contributed by atoms with Gasteiger partial charge in [0.2, 0.25) is 0 Å². The molecule has 1 aromatic heterocycles. The van der Waals surface area contributed by atoms with Crippen molar-refractivity contribution in [3.63, 3.8) is 0 Å². The van der Waals surface area contributed by atoms with Gasteiger partial charge in [-0.2, -0.15) is 5.26 Å². The number of hydrogen-bond acceptors (Lipinski definition) is 3. The number of rotatable bonds is 6. The monoisotopic (exact) mass is 297 g/mol. The summed E-state index contributed by atoms with van der Waals surface area (Å²) in [5.41, 5.74) is 4.21. The van der Waals surface area contributed by atoms with Gasteiger partial charge in [-0.15, -0.1) is 0 Å². The highest BCUT2D eigenvalue weighted by atomic mass is 16.5. The topological polar surface area (TPSA) is 50.0 Å². The van der Waals surface area contributed by atoms with Gasteiger partial charge >= 0.3 is 0 Å². The van der Waals surface area contributed by atoms with Gasteiger partial charge in [-0.3, -0.25) is 0 Å². The van der Waals surface area contributed by atoms with Crippen LogP contribution < -0.4 is 10.1 Å². The van der Waals surface area contributed by atoms with E-state index < -0.39 is 0 Å². The Kier molecular flexibility index (Phi) is 5.24. The molecule has 0 aliphatic heterocycles. The summed E-state index contributed by atoms with van der Waals surface area (Å²) in [7, 11) is 1.92. The van der Waals surface area contributed by atoms with E-state index in [9.17, 15) is 0 Å². The fourth-order valence-electron chi connectivity index (χ4n) is 2.45. The van der Waals surface area contributed by atoms with Crippen LogP contribution >= 0.6 is 0 Å². The summed E-state index contributed by atoms with van der Waals surface area (Å²) in [4.78, 5) is 0. The van der Waals surface area contributed by atoms with Crippen molar-refractivity contribution < 1.29 is 4.74 Å². The molecule has 1 aromatic carbocycles. The molecule has 0 saturated carbocycles. The lowest BCUT2D eigenvalue weighted by Crippen LogP contribution is -2.18. The van der Waals surface area contributed by atoms with E-state index in [1.807, 2.05) is 43.7 Å². The van der Waals surface area contributed by atoms with Gasteiger partial charge in [-0.25, -0.2) is 0 Å². The maximum atomic E-state index is 9.08. The normalized spacial score (nSPS) is 12.0. The molecule has 4 heteroatoms. The second-order valence-corrected chi connectivity index (χ2v) is 5.42. The number of nitriles is 1. The molecule has 2 aromatic rings. The Labute approximate surface area is 132 Å². The van der Waals surface area contributed by atoms with E-state index in [0.717, 1.165) is 23.6 Å². The van der Waals surface area contributed by atoms with Crippen molar-refractivity contribution >= 4 is 0 Å². The first-order chi connectivity index (χ1) is 10.6. The molecule has 0 aliphatic rings. The minimum absolute atomic E-state index is 0.237. The van der Waals surface area contributed by atoms with Crippen molar-refractivity contribution in [1.82, 2.24) is 9.88 Å². The predicted octanol–water partition coefficient (Wildman–Crippen LogP) is 3.45. The lowest BCUT2D eigenvalue weighted by Gasteiger charge is -2.15. The van der Waals surface area contributed by atoms with Gasteiger partial charge in [0.25, 0.3) is 0 Å². The number of aromatic nitrogens is 1. The number of nitrogens with one attached hydrogen (secondary N) is 1. The Morgan fingerprint density at radius 1 is 1.32 bits per heavy atom. The molecule has 4 nitrogen and oxygen atoms in total. The Morgan fingerprint density at radius 3 is 2.55 bits per heavy atom. The van der Waals surface area contributed by atoms with Crippen LogP contribution in [0.15, 0.2) is 30.3 Å². The van der Waals surface area contributed by atoms with Crippen molar-refractivity contribution in [2.75, 3.05) is 6.61 Å². The van der Waals surface area contributed by atoms with Gasteiger partial charge in [-0.1, -0.05) is 12.1 Å². The number of ether oxygens (including phenoxy) is 1. The molecule has 0 radical (unpaired) electrons. The molecule has 1 atom stereocenters. The van der Waals surface area contributed by atoms with E-state index >= 15 is 0 Å². The van der Waals surface area contributed by atoms with Crippen LogP contribution in [0.25, 0.3) is 0 Å². The first-order valence-electron chi connectivity index (χ1n) is 7.58. The zero-order valence-electron chi connectivity index (χ0n) is 13.7. The molecule has 116 valence electrons. The molecule has 22 heavy (non-hydrogen) atoms. The van der Waals surface area contributed by atoms with Gasteiger partial charge in [0, 0.05) is 25.3 Å². The van der Waals surface area contributed by atoms with E-state index in [1.54, 1.807) is 0 Å². The Balaban J connectivity index is 2.00. The van der Waals surface area contributed by atoms with Crippen molar-refractivity contribution in [3.8, 4) is 11.8 Å². The first kappa shape index (κ1) is 16.1. The highest BCUT2D eigenvalue weighted by molar-refractivity contribution is 5.34. The van der Waals surface area contributed by atoms with Crippen molar-refractivity contribution in [2.45, 2.75) is 33.4 Å². The quantitative estimate of drug-likeness (QED) is 0.888. The molecule has 0 bridgehead atoms. The van der Waals surface area contributed by atoms with Gasteiger partial charge in [-0.05, 0) is 50.1 Å². The molecule has 1 heterocycles. The molecular weight excluding hydrogens is 274 g/mol. The molecule has 0 spiro atoms. The summed E-state index contributed by atoms with van der Waals surface area (Å²) in [5, 5.41) is 12.6. The lowest BCUT2D eigenvalue weighted by molar-refractivity contribution is 0.340. The summed E-state index contributed by atoms with van der Waals surface area (Å²) in [5.74, 6) is 0.899. The average Bonchev–Trinajstić information content (AvgIpc) is 2.81. The van der Waals surface area contributed by atoms with Crippen LogP contribution in [-0.2, 0) is 13.6 Å². The van der Waals surface area contributed by atoms with Crippen molar-refractivity contribution in [2.24, 2.45) is 7.05 Å². The molecule has 0 aliphatic carbocycles. The van der Waals surface area contributed by atoms with Gasteiger partial charge in [0.1, 0.15) is 17.5 Å². The Morgan fingerprint density at radius 2 is 2.00 bits per heavy atom. The fraction of sp³-hybridized carbons (Fsp3) is 0.389. The molecule has 1 N–H and O–H groups in total. The van der Waals surface area contributed by atoms with Crippen LogP contribution in [0.4, 0.5) is 0 Å². The van der Waals surface area contributed by atoms with Crippen molar-refractivity contribution in [1.29, 1.82) is 5.26 Å². The zero-order chi connectivity index (χ0) is 16.1. The number of benzene rings is 1. The second-order valence-electron chi connectivity index (χ2n) is 5.42. The van der Waals surface area contributed by atoms with Crippen LogP contribution in [-0.4, -0.2) is 11.2 Å². The first-order valence-corrected chi connectivity index (χ1v) is 7.58. The minimum Gasteiger partial charge on any atom is -0.494 e. The molecular formula is C18H23N3O. The third-order valence-corrected chi connectivity index (χ3v) is 4.04. The molecule has 0 unspecified atom stereocenters. The number of hydrogen-bond donors (Lipinski definition) is 1. The van der Waals surface area contributed by atoms with E-state index in [4.69, 9.17) is 10.00 Å². The standard InChI is InChI=1S/C18H23N3O/c1-5-22-18-8-6-15(7-9-18)13(2)20-12-16-10-17(11-19)21(4)14(16)3/h6-10,13,20H,5,12H2,1-4H3/t13-/m0/s1. The summed E-state index contributed by atoms with van der Waals surface area (Å²) < 4.78 is 7.39. The lowest BCUT2D eigenvalue weighted by atomic mass is 10.1. The number of nitrogens with zero attached hydrogens (tertiary/aromatic N) is 2. The fourth-order valence-corrected chi connectivity index (χ4v) is 2.45. The third kappa shape index (κ3) is 3.49. The van der Waals surface area contributed by atoms with Crippen LogP contribution in [0, 0.1) is 18.3 Å². The largest absolute Gasteiger partial charge is 0.494 e. The zero-order valence-corrected chi connectivity index (χ0v) is 13.7. The second kappa shape index (κ2) is 7.15. The molecule has 2 rings (SSSR count). The van der Waals surface area contributed by atoms with Crippen LogP contribution in [0.1, 0.15) is 42.4 Å². The third-order valence-electron chi connectivity index (χ3n) is 4.04. The molecule has 0 amide bonds. The Hall–Kier alpha value is -2.25. The van der Waals surface area contributed by atoms with E-state index in [-0.39, 0.29) is 6.04 Å². The highest BCUT2D eigenvalue weighted by Crippen LogP contribution is 2.19. The van der Waals surface area contributed by atoms with Gasteiger partial charge in [0.05, 0.1) is 6.61 Å². The molecule has 0 saturated heterocycles. The Bertz CT molecular complexity index is 665. The molecule has 0 fully saturated rings. The predicted molar refractivity (Wildman–Crippen MR) is 87.7 cm³/mol. The smallest absolute Gasteiger partial charge is 0.120 e. The maximum Gasteiger partial charge on any atom is 0.120 e. The van der Waals surface area contributed by atoms with E-state index in [1.165, 1.54) is 5.56 Å². The van der Waals surface area contributed by atoms with Crippen LogP contribution in [0.3, 0.4) is 0 Å². The van der Waals surface area contributed by atoms with Crippen molar-refractivity contribution in [3.05, 3.63) is 52.8 Å². The highest BCUT2D eigenvalue weighted by Gasteiger charge is 2.10. The summed E-state index contributed by atoms with van der Waals surface area (Å²) in [6, 6.07) is 12.6. The van der Waals surface area contributed by atoms with Crippen LogP contribution in [0.5, 0.6) is 5.75 Å². The maximum absolute atomic E-state index is 9.08. The van der Waals surface area contributed by atoms with E-state index in [2.05, 4.69) is 30.4 Å². The van der Waals surface area contributed by atoms with Gasteiger partial charge < -0.3 is 14.6 Å². The van der Waals surface area contributed by atoms with E-state index in [0.29, 0.717) is 12.3 Å². The summed E-state index contributed by atoms with van der Waals surface area (Å²) >= 11 is 0. The minimum atomic E-state index is 0.237. The van der Waals surface area contributed by atoms with Crippen LogP contribution in [0.2, 0.25) is 0 Å². The summed E-state index contributed by atoms with van der Waals surface area (Å²) in [6.07, 6.45) is 0. The average molecular weight is 297 g/mol. The van der Waals surface area contributed by atoms with Gasteiger partial charge in [0.15, 0.2) is 0 Å². The summed E-state index contributed by atoms with van der Waals surface area (Å²) in [6.45, 7) is 7.59.